The second kappa shape index (κ2) is 8.45. The highest BCUT2D eigenvalue weighted by Gasteiger charge is 2.13. The maximum absolute atomic E-state index is 12.3. The summed E-state index contributed by atoms with van der Waals surface area (Å²) in [5.74, 6) is 1.59. The van der Waals surface area contributed by atoms with Crippen molar-refractivity contribution in [2.45, 2.75) is 19.5 Å². The predicted octanol–water partition coefficient (Wildman–Crippen LogP) is 4.42. The van der Waals surface area contributed by atoms with Crippen molar-refractivity contribution >= 4 is 16.8 Å². The number of hydrogen-bond donors (Lipinski definition) is 2. The Morgan fingerprint density at radius 3 is 2.48 bits per heavy atom. The second-order valence-corrected chi connectivity index (χ2v) is 6.34. The zero-order chi connectivity index (χ0) is 19.2. The van der Waals surface area contributed by atoms with E-state index in [-0.39, 0.29) is 12.1 Å². The first-order valence-electron chi connectivity index (χ1n) is 8.84. The van der Waals surface area contributed by atoms with Crippen molar-refractivity contribution in [2.75, 3.05) is 14.2 Å². The van der Waals surface area contributed by atoms with Gasteiger partial charge in [-0.3, -0.25) is 0 Å². The first-order chi connectivity index (χ1) is 13.1. The van der Waals surface area contributed by atoms with Crippen LogP contribution in [0.3, 0.4) is 0 Å². The predicted molar refractivity (Wildman–Crippen MR) is 107 cm³/mol. The molecule has 3 aromatic rings. The fourth-order valence-corrected chi connectivity index (χ4v) is 3.04. The van der Waals surface area contributed by atoms with E-state index < -0.39 is 0 Å². The molecule has 3 rings (SSSR count). The molecule has 2 N–H and O–H groups in total. The van der Waals surface area contributed by atoms with E-state index in [0.29, 0.717) is 6.54 Å². The number of rotatable bonds is 6. The Kier molecular flexibility index (Phi) is 5.81. The average molecular weight is 364 g/mol. The van der Waals surface area contributed by atoms with Crippen LogP contribution in [0.1, 0.15) is 24.1 Å². The van der Waals surface area contributed by atoms with Crippen LogP contribution in [-0.4, -0.2) is 20.3 Å². The standard InChI is InChI=1S/C22H24N2O3/c1-15(20-6-4-5-7-21(20)27-3)24-22(25)23-14-16-8-9-18-13-19(26-2)11-10-17(18)12-16/h4-13,15H,14H2,1-3H3,(H2,23,24,25)/t15-/m1/s1. The van der Waals surface area contributed by atoms with Crippen molar-refractivity contribution < 1.29 is 14.3 Å². The summed E-state index contributed by atoms with van der Waals surface area (Å²) in [6.45, 7) is 2.38. The van der Waals surface area contributed by atoms with E-state index in [1.807, 2.05) is 61.5 Å². The first kappa shape index (κ1) is 18.6. The number of benzene rings is 3. The van der Waals surface area contributed by atoms with Crippen molar-refractivity contribution in [3.05, 3.63) is 71.8 Å². The van der Waals surface area contributed by atoms with Crippen LogP contribution >= 0.6 is 0 Å². The minimum atomic E-state index is -0.219. The number of para-hydroxylation sites is 1. The van der Waals surface area contributed by atoms with Gasteiger partial charge in [0, 0.05) is 12.1 Å². The number of carbonyl (C=O) groups is 1. The van der Waals surface area contributed by atoms with E-state index >= 15 is 0 Å². The number of nitrogens with one attached hydrogen (secondary N) is 2. The molecule has 140 valence electrons. The molecule has 3 aromatic carbocycles. The topological polar surface area (TPSA) is 59.6 Å². The maximum atomic E-state index is 12.3. The molecule has 5 heteroatoms. The number of methoxy groups -OCH3 is 2. The molecule has 0 spiro atoms. The minimum absolute atomic E-state index is 0.162. The molecule has 27 heavy (non-hydrogen) atoms. The lowest BCUT2D eigenvalue weighted by Crippen LogP contribution is -2.36. The lowest BCUT2D eigenvalue weighted by molar-refractivity contribution is 0.237. The van der Waals surface area contributed by atoms with Crippen LogP contribution in [0.2, 0.25) is 0 Å². The summed E-state index contributed by atoms with van der Waals surface area (Å²) in [6, 6.07) is 19.3. The molecule has 0 radical (unpaired) electrons. The molecule has 1 atom stereocenters. The molecule has 0 aliphatic carbocycles. The van der Waals surface area contributed by atoms with Crippen LogP contribution in [0.15, 0.2) is 60.7 Å². The van der Waals surface area contributed by atoms with Gasteiger partial charge in [0.15, 0.2) is 0 Å². The monoisotopic (exact) mass is 364 g/mol. The van der Waals surface area contributed by atoms with Crippen LogP contribution in [0, 0.1) is 0 Å². The number of fused-ring (bicyclic) bond motifs is 1. The summed E-state index contributed by atoms with van der Waals surface area (Å²) >= 11 is 0. The van der Waals surface area contributed by atoms with Crippen LogP contribution in [0.5, 0.6) is 11.5 Å². The molecule has 0 aliphatic heterocycles. The van der Waals surface area contributed by atoms with Gasteiger partial charge in [-0.05, 0) is 47.5 Å². The number of hydrogen-bond acceptors (Lipinski definition) is 3. The summed E-state index contributed by atoms with van der Waals surface area (Å²) in [5.41, 5.74) is 1.97. The van der Waals surface area contributed by atoms with Gasteiger partial charge >= 0.3 is 6.03 Å². The van der Waals surface area contributed by atoms with E-state index in [0.717, 1.165) is 33.4 Å². The fraction of sp³-hybridized carbons (Fsp3) is 0.227. The van der Waals surface area contributed by atoms with Crippen molar-refractivity contribution in [1.29, 1.82) is 0 Å². The Hall–Kier alpha value is -3.21. The summed E-state index contributed by atoms with van der Waals surface area (Å²) in [5, 5.41) is 8.07. The van der Waals surface area contributed by atoms with E-state index in [9.17, 15) is 4.79 Å². The molecule has 0 unspecified atom stereocenters. The molecule has 0 fully saturated rings. The SMILES string of the molecule is COc1ccc2cc(CNC(=O)N[C@H](C)c3ccccc3OC)ccc2c1. The van der Waals surface area contributed by atoms with Crippen LogP contribution in [0.25, 0.3) is 10.8 Å². The number of urea groups is 1. The molecular weight excluding hydrogens is 340 g/mol. The zero-order valence-electron chi connectivity index (χ0n) is 15.8. The quantitative estimate of drug-likeness (QED) is 0.681. The van der Waals surface area contributed by atoms with Crippen molar-refractivity contribution in [1.82, 2.24) is 10.6 Å². The number of ether oxygens (including phenoxy) is 2. The smallest absolute Gasteiger partial charge is 0.315 e. The summed E-state index contributed by atoms with van der Waals surface area (Å²) in [6.07, 6.45) is 0. The van der Waals surface area contributed by atoms with Gasteiger partial charge in [0.2, 0.25) is 0 Å². The maximum Gasteiger partial charge on any atom is 0.315 e. The van der Waals surface area contributed by atoms with Crippen LogP contribution in [-0.2, 0) is 6.54 Å². The third-order valence-corrected chi connectivity index (χ3v) is 4.52. The third kappa shape index (κ3) is 4.50. The number of carbonyl (C=O) groups excluding carboxylic acids is 1. The van der Waals surface area contributed by atoms with E-state index in [1.54, 1.807) is 14.2 Å². The summed E-state index contributed by atoms with van der Waals surface area (Å²) < 4.78 is 10.6. The van der Waals surface area contributed by atoms with Gasteiger partial charge in [0.05, 0.1) is 20.3 Å². The molecular formula is C22H24N2O3. The minimum Gasteiger partial charge on any atom is -0.497 e. The molecule has 2 amide bonds. The van der Waals surface area contributed by atoms with Crippen molar-refractivity contribution in [2.24, 2.45) is 0 Å². The van der Waals surface area contributed by atoms with Crippen LogP contribution < -0.4 is 20.1 Å². The Bertz CT molecular complexity index is 940. The largest absolute Gasteiger partial charge is 0.497 e. The summed E-state index contributed by atoms with van der Waals surface area (Å²) in [7, 11) is 3.28. The first-order valence-corrected chi connectivity index (χ1v) is 8.84. The molecule has 0 saturated heterocycles. The van der Waals surface area contributed by atoms with Gasteiger partial charge in [-0.1, -0.05) is 36.4 Å². The van der Waals surface area contributed by atoms with Crippen molar-refractivity contribution in [3.8, 4) is 11.5 Å². The molecule has 0 aliphatic rings. The molecule has 0 saturated carbocycles. The Balaban J connectivity index is 1.61. The van der Waals surface area contributed by atoms with Gasteiger partial charge in [-0.25, -0.2) is 4.79 Å². The fourth-order valence-electron chi connectivity index (χ4n) is 3.04. The Morgan fingerprint density at radius 1 is 0.963 bits per heavy atom. The van der Waals surface area contributed by atoms with Gasteiger partial charge < -0.3 is 20.1 Å². The highest BCUT2D eigenvalue weighted by Crippen LogP contribution is 2.24. The lowest BCUT2D eigenvalue weighted by Gasteiger charge is -2.17. The number of amides is 2. The normalized spacial score (nSPS) is 11.7. The van der Waals surface area contributed by atoms with Crippen molar-refractivity contribution in [3.63, 3.8) is 0 Å². The second-order valence-electron chi connectivity index (χ2n) is 6.34. The Morgan fingerprint density at radius 2 is 1.70 bits per heavy atom. The highest BCUT2D eigenvalue weighted by atomic mass is 16.5. The summed E-state index contributed by atoms with van der Waals surface area (Å²) in [4.78, 5) is 12.3. The molecule has 5 nitrogen and oxygen atoms in total. The average Bonchev–Trinajstić information content (AvgIpc) is 2.71. The van der Waals surface area contributed by atoms with Gasteiger partial charge in [0.1, 0.15) is 11.5 Å². The van der Waals surface area contributed by atoms with Gasteiger partial charge in [-0.15, -0.1) is 0 Å². The molecule has 0 heterocycles. The van der Waals surface area contributed by atoms with Gasteiger partial charge in [-0.2, -0.15) is 0 Å². The molecule has 0 aromatic heterocycles. The molecule has 0 bridgehead atoms. The van der Waals surface area contributed by atoms with E-state index in [4.69, 9.17) is 9.47 Å². The van der Waals surface area contributed by atoms with E-state index in [2.05, 4.69) is 16.7 Å². The lowest BCUT2D eigenvalue weighted by atomic mass is 10.1. The van der Waals surface area contributed by atoms with Crippen LogP contribution in [0.4, 0.5) is 4.79 Å². The van der Waals surface area contributed by atoms with Gasteiger partial charge in [0.25, 0.3) is 0 Å². The highest BCUT2D eigenvalue weighted by molar-refractivity contribution is 5.84. The van der Waals surface area contributed by atoms with E-state index in [1.165, 1.54) is 0 Å². The zero-order valence-corrected chi connectivity index (χ0v) is 15.8. The Labute approximate surface area is 159 Å². The third-order valence-electron chi connectivity index (χ3n) is 4.52.